The van der Waals surface area contributed by atoms with Crippen LogP contribution in [-0.4, -0.2) is 60.0 Å². The molecule has 30 heavy (non-hydrogen) atoms. The van der Waals surface area contributed by atoms with Crippen molar-refractivity contribution in [1.82, 2.24) is 5.32 Å². The lowest BCUT2D eigenvalue weighted by Gasteiger charge is -2.39. The van der Waals surface area contributed by atoms with E-state index in [0.29, 0.717) is 0 Å². The Balaban J connectivity index is 5.89. The Hall–Kier alpha value is -1.33. The van der Waals surface area contributed by atoms with Gasteiger partial charge in [-0.15, -0.1) is 0 Å². The van der Waals surface area contributed by atoms with Gasteiger partial charge >= 0.3 is 6.09 Å². The van der Waals surface area contributed by atoms with E-state index in [4.69, 9.17) is 18.9 Å². The highest BCUT2D eigenvalue weighted by Crippen LogP contribution is 2.36. The molecule has 0 fully saturated rings. The number of carbonyl (C=O) groups excluding carboxylic acids is 1. The second-order valence-corrected chi connectivity index (χ2v) is 16.4. The summed E-state index contributed by atoms with van der Waals surface area (Å²) in [5.74, 6) is -0.515. The molecule has 176 valence electrons. The number of azide groups is 1. The third-order valence-electron chi connectivity index (χ3n) is 4.81. The van der Waals surface area contributed by atoms with E-state index < -0.39 is 48.2 Å². The fourth-order valence-electron chi connectivity index (χ4n) is 2.22. The van der Waals surface area contributed by atoms with Gasteiger partial charge in [0.25, 0.3) is 10.1 Å². The Morgan fingerprint density at radius 1 is 1.20 bits per heavy atom. The zero-order chi connectivity index (χ0) is 24.0. The lowest BCUT2D eigenvalue weighted by atomic mass is 9.98. The number of rotatable bonds is 10. The highest BCUT2D eigenvalue weighted by Gasteiger charge is 2.40. The van der Waals surface area contributed by atoms with Gasteiger partial charge < -0.3 is 14.5 Å². The Labute approximate surface area is 181 Å². The number of ether oxygens (including phenoxy) is 1. The SMILES string of the molecule is C[C@@H](CN=[N+]=[N-])[C@@H](OS(C)(=O)=O)[C@@H](CO[Si](C)(C)C(C)(C)C)NC(=O)OC(C)(C)C. The van der Waals surface area contributed by atoms with Crippen LogP contribution in [-0.2, 0) is 23.5 Å². The summed E-state index contributed by atoms with van der Waals surface area (Å²) in [6.07, 6.45) is -0.799. The third-order valence-corrected chi connectivity index (χ3v) is 9.88. The molecule has 0 aromatic heterocycles. The first-order valence-electron chi connectivity index (χ1n) is 9.81. The van der Waals surface area contributed by atoms with Crippen LogP contribution in [0.2, 0.25) is 18.1 Å². The van der Waals surface area contributed by atoms with Gasteiger partial charge in [0, 0.05) is 11.5 Å². The van der Waals surface area contributed by atoms with Gasteiger partial charge in [0.05, 0.1) is 18.9 Å². The van der Waals surface area contributed by atoms with Crippen LogP contribution in [0.1, 0.15) is 48.5 Å². The van der Waals surface area contributed by atoms with Crippen molar-refractivity contribution in [3.05, 3.63) is 10.4 Å². The first-order chi connectivity index (χ1) is 13.3. The van der Waals surface area contributed by atoms with Gasteiger partial charge in [-0.1, -0.05) is 32.8 Å². The van der Waals surface area contributed by atoms with Crippen LogP contribution in [0.5, 0.6) is 0 Å². The number of hydrogen-bond acceptors (Lipinski definition) is 7. The maximum atomic E-state index is 12.4. The first kappa shape index (κ1) is 28.7. The number of amides is 1. The van der Waals surface area contributed by atoms with Crippen molar-refractivity contribution in [3.63, 3.8) is 0 Å². The van der Waals surface area contributed by atoms with Crippen molar-refractivity contribution >= 4 is 24.5 Å². The van der Waals surface area contributed by atoms with Gasteiger partial charge in [0.15, 0.2) is 8.32 Å². The highest BCUT2D eigenvalue weighted by atomic mass is 32.2. The van der Waals surface area contributed by atoms with Crippen molar-refractivity contribution < 1.29 is 26.6 Å². The molecule has 0 aromatic rings. The smallest absolute Gasteiger partial charge is 0.408 e. The lowest BCUT2D eigenvalue weighted by Crippen LogP contribution is -2.54. The molecule has 0 aliphatic heterocycles. The van der Waals surface area contributed by atoms with Crippen LogP contribution >= 0.6 is 0 Å². The molecule has 0 unspecified atom stereocenters. The summed E-state index contributed by atoms with van der Waals surface area (Å²) < 4.78 is 40.6. The summed E-state index contributed by atoms with van der Waals surface area (Å²) >= 11 is 0. The normalized spacial score (nSPS) is 16.2. The number of alkyl carbamates (subject to hydrolysis) is 1. The molecule has 0 radical (unpaired) electrons. The average molecular weight is 467 g/mol. The standard InChI is InChI=1S/C18H38N4O6SSi/c1-13(11-20-22-19)15(28-29(8,24)25)14(21-16(23)27-17(2,3)4)12-26-30(9,10)18(5,6)7/h13-15H,11-12H2,1-10H3,(H,21,23)/t13-,14+,15+/m0/s1. The summed E-state index contributed by atoms with van der Waals surface area (Å²) in [7, 11) is -6.07. The second-order valence-electron chi connectivity index (χ2n) is 9.98. The molecule has 0 saturated carbocycles. The van der Waals surface area contributed by atoms with E-state index in [1.165, 1.54) is 0 Å². The third kappa shape index (κ3) is 11.2. The topological polar surface area (TPSA) is 140 Å². The molecule has 0 aliphatic rings. The van der Waals surface area contributed by atoms with E-state index in [1.807, 2.05) is 13.1 Å². The minimum absolute atomic E-state index is 0.0106. The van der Waals surface area contributed by atoms with E-state index in [9.17, 15) is 13.2 Å². The van der Waals surface area contributed by atoms with E-state index in [1.54, 1.807) is 27.7 Å². The molecule has 3 atom stereocenters. The number of nitrogens with one attached hydrogen (secondary N) is 1. The van der Waals surface area contributed by atoms with Crippen LogP contribution < -0.4 is 5.32 Å². The fraction of sp³-hybridized carbons (Fsp3) is 0.944. The van der Waals surface area contributed by atoms with Crippen LogP contribution in [0.3, 0.4) is 0 Å². The van der Waals surface area contributed by atoms with Gasteiger partial charge in [0.1, 0.15) is 11.7 Å². The van der Waals surface area contributed by atoms with Gasteiger partial charge in [-0.25, -0.2) is 4.79 Å². The Bertz CT molecular complexity index is 724. The Morgan fingerprint density at radius 3 is 2.13 bits per heavy atom. The van der Waals surface area contributed by atoms with Crippen molar-refractivity contribution in [3.8, 4) is 0 Å². The maximum absolute atomic E-state index is 12.4. The van der Waals surface area contributed by atoms with Crippen LogP contribution in [0.25, 0.3) is 10.4 Å². The van der Waals surface area contributed by atoms with Crippen LogP contribution in [0.4, 0.5) is 4.79 Å². The van der Waals surface area contributed by atoms with E-state index in [2.05, 4.69) is 36.1 Å². The molecular formula is C18H38N4O6SSi. The summed E-state index contributed by atoms with van der Waals surface area (Å²) in [4.78, 5) is 15.2. The molecule has 10 nitrogen and oxygen atoms in total. The van der Waals surface area contributed by atoms with Crippen molar-refractivity contribution in [2.24, 2.45) is 11.0 Å². The zero-order valence-corrected chi connectivity index (χ0v) is 21.7. The van der Waals surface area contributed by atoms with Gasteiger partial charge in [-0.2, -0.15) is 8.42 Å². The van der Waals surface area contributed by atoms with Gasteiger partial charge in [-0.3, -0.25) is 4.18 Å². The van der Waals surface area contributed by atoms with Gasteiger partial charge in [0.2, 0.25) is 0 Å². The minimum atomic E-state index is -3.86. The molecule has 0 rings (SSSR count). The van der Waals surface area contributed by atoms with Crippen molar-refractivity contribution in [1.29, 1.82) is 0 Å². The summed E-state index contributed by atoms with van der Waals surface area (Å²) in [6, 6.07) is -0.840. The zero-order valence-electron chi connectivity index (χ0n) is 19.8. The fourth-order valence-corrected chi connectivity index (χ4v) is 3.98. The van der Waals surface area contributed by atoms with E-state index in [-0.39, 0.29) is 18.2 Å². The molecule has 0 heterocycles. The molecule has 0 saturated heterocycles. The van der Waals surface area contributed by atoms with Crippen LogP contribution in [0.15, 0.2) is 5.11 Å². The summed E-state index contributed by atoms with van der Waals surface area (Å²) in [5, 5.41) is 6.12. The maximum Gasteiger partial charge on any atom is 0.408 e. The molecule has 0 aromatic carbocycles. The van der Waals surface area contributed by atoms with Crippen LogP contribution in [0, 0.1) is 5.92 Å². The largest absolute Gasteiger partial charge is 0.444 e. The second kappa shape index (κ2) is 10.8. The minimum Gasteiger partial charge on any atom is -0.444 e. The number of hydrogen-bond donors (Lipinski definition) is 1. The van der Waals surface area contributed by atoms with Crippen molar-refractivity contribution in [2.45, 2.75) is 84.3 Å². The molecule has 1 N–H and O–H groups in total. The first-order valence-corrected chi connectivity index (χ1v) is 14.5. The molecule has 0 bridgehead atoms. The quantitative estimate of drug-likeness (QED) is 0.168. The molecule has 1 amide bonds. The monoisotopic (exact) mass is 466 g/mol. The predicted molar refractivity (Wildman–Crippen MR) is 119 cm³/mol. The lowest BCUT2D eigenvalue weighted by molar-refractivity contribution is 0.0336. The van der Waals surface area contributed by atoms with E-state index in [0.717, 1.165) is 6.26 Å². The average Bonchev–Trinajstić information content (AvgIpc) is 2.50. The number of carbonyl (C=O) groups is 1. The van der Waals surface area contributed by atoms with Gasteiger partial charge in [-0.05, 0) is 50.4 Å². The molecule has 0 aliphatic carbocycles. The summed E-state index contributed by atoms with van der Waals surface area (Å²) in [5.41, 5.74) is 7.89. The van der Waals surface area contributed by atoms with E-state index >= 15 is 0 Å². The highest BCUT2D eigenvalue weighted by molar-refractivity contribution is 7.86. The Kier molecular flexibility index (Phi) is 10.3. The molecule has 0 spiro atoms. The molecule has 12 heteroatoms. The Morgan fingerprint density at radius 2 is 1.73 bits per heavy atom. The molecular weight excluding hydrogens is 428 g/mol. The predicted octanol–water partition coefficient (Wildman–Crippen LogP) is 4.19. The van der Waals surface area contributed by atoms with Crippen molar-refractivity contribution in [2.75, 3.05) is 19.4 Å². The number of nitrogens with zero attached hydrogens (tertiary/aromatic N) is 3. The summed E-state index contributed by atoms with van der Waals surface area (Å²) in [6.45, 7) is 17.2.